The van der Waals surface area contributed by atoms with Crippen LogP contribution in [0, 0.1) is 8.99 Å². The molecule has 1 aromatic rings. The molecule has 0 amide bonds. The molecule has 0 aliphatic carbocycles. The molecule has 0 aliphatic rings. The zero-order chi connectivity index (χ0) is 11.5. The fourth-order valence-electron chi connectivity index (χ4n) is 1.31. The van der Waals surface area contributed by atoms with Crippen molar-refractivity contribution >= 4 is 28.4 Å². The van der Waals surface area contributed by atoms with E-state index in [2.05, 4.69) is 43.4 Å². The summed E-state index contributed by atoms with van der Waals surface area (Å²) in [5.41, 5.74) is 1.10. The Kier molecular flexibility index (Phi) is 4.32. The van der Waals surface area contributed by atoms with Crippen molar-refractivity contribution in [3.63, 3.8) is 0 Å². The maximum atomic E-state index is 11.9. The van der Waals surface area contributed by atoms with Crippen LogP contribution in [0.3, 0.4) is 0 Å². The molecule has 0 heterocycles. The lowest BCUT2D eigenvalue weighted by Gasteiger charge is -2.17. The van der Waals surface area contributed by atoms with Gasteiger partial charge in [-0.2, -0.15) is 0 Å². The van der Waals surface area contributed by atoms with E-state index in [9.17, 15) is 4.79 Å². The number of carbonyl (C=O) groups is 1. The number of Topliss-reactive ketones (excluding diaryl/α,β-unsaturated/α-hetero) is 1. The first kappa shape index (κ1) is 12.7. The van der Waals surface area contributed by atoms with Gasteiger partial charge in [-0.15, -0.1) is 0 Å². The molecule has 15 heavy (non-hydrogen) atoms. The minimum Gasteiger partial charge on any atom is -0.294 e. The summed E-state index contributed by atoms with van der Waals surface area (Å²) in [6, 6.07) is 7.77. The minimum absolute atomic E-state index is 0.232. The van der Waals surface area contributed by atoms with Crippen LogP contribution in [-0.2, 0) is 0 Å². The zero-order valence-electron chi connectivity index (χ0n) is 9.51. The number of carbonyl (C=O) groups excluding carboxylic acids is 1. The quantitative estimate of drug-likeness (QED) is 0.600. The third-order valence-electron chi connectivity index (χ3n) is 2.28. The van der Waals surface area contributed by atoms with Crippen molar-refractivity contribution in [2.24, 2.45) is 5.41 Å². The minimum atomic E-state index is 0.232. The summed E-state index contributed by atoms with van der Waals surface area (Å²) in [6.45, 7) is 6.49. The Labute approximate surface area is 105 Å². The highest BCUT2D eigenvalue weighted by molar-refractivity contribution is 14.1. The van der Waals surface area contributed by atoms with Gasteiger partial charge in [-0.3, -0.25) is 4.79 Å². The van der Waals surface area contributed by atoms with Gasteiger partial charge in [-0.25, -0.2) is 0 Å². The number of hydrogen-bond donors (Lipinski definition) is 0. The zero-order valence-corrected chi connectivity index (χ0v) is 11.7. The highest BCUT2D eigenvalue weighted by Gasteiger charge is 2.15. The molecule has 1 rings (SSSR count). The van der Waals surface area contributed by atoms with Gasteiger partial charge in [-0.1, -0.05) is 39.0 Å². The monoisotopic (exact) mass is 316 g/mol. The second-order valence-electron chi connectivity index (χ2n) is 4.96. The van der Waals surface area contributed by atoms with Crippen LogP contribution in [0.5, 0.6) is 0 Å². The molecule has 0 aliphatic heterocycles. The molecule has 0 saturated carbocycles. The fourth-order valence-corrected chi connectivity index (χ4v) is 2.00. The van der Waals surface area contributed by atoms with Gasteiger partial charge in [0.1, 0.15) is 0 Å². The predicted molar refractivity (Wildman–Crippen MR) is 72.2 cm³/mol. The Morgan fingerprint density at radius 3 is 2.40 bits per heavy atom. The first-order valence-electron chi connectivity index (χ1n) is 5.18. The van der Waals surface area contributed by atoms with E-state index in [1.54, 1.807) is 0 Å². The van der Waals surface area contributed by atoms with E-state index in [4.69, 9.17) is 0 Å². The van der Waals surface area contributed by atoms with Crippen molar-refractivity contribution in [2.75, 3.05) is 0 Å². The van der Waals surface area contributed by atoms with Gasteiger partial charge in [-0.05, 0) is 40.5 Å². The van der Waals surface area contributed by atoms with Crippen LogP contribution in [0.15, 0.2) is 24.3 Å². The topological polar surface area (TPSA) is 17.1 Å². The lowest BCUT2D eigenvalue weighted by molar-refractivity contribution is 0.0965. The summed E-state index contributed by atoms with van der Waals surface area (Å²) in [5, 5.41) is 0. The lowest BCUT2D eigenvalue weighted by Crippen LogP contribution is -2.09. The summed E-state index contributed by atoms with van der Waals surface area (Å²) >= 11 is 2.22. The third-order valence-corrected chi connectivity index (χ3v) is 3.22. The van der Waals surface area contributed by atoms with E-state index in [0.29, 0.717) is 6.42 Å². The smallest absolute Gasteiger partial charge is 0.163 e. The van der Waals surface area contributed by atoms with Gasteiger partial charge in [0, 0.05) is 15.6 Å². The second-order valence-corrected chi connectivity index (χ2v) is 6.13. The van der Waals surface area contributed by atoms with Gasteiger partial charge in [0.05, 0.1) is 0 Å². The predicted octanol–water partition coefficient (Wildman–Crippen LogP) is 4.30. The molecular weight excluding hydrogens is 299 g/mol. The van der Waals surface area contributed by atoms with Crippen LogP contribution < -0.4 is 0 Å². The van der Waals surface area contributed by atoms with Crippen molar-refractivity contribution < 1.29 is 4.79 Å². The highest BCUT2D eigenvalue weighted by Crippen LogP contribution is 2.23. The number of benzene rings is 1. The molecule has 0 fully saturated rings. The Morgan fingerprint density at radius 1 is 1.27 bits per heavy atom. The van der Waals surface area contributed by atoms with Gasteiger partial charge < -0.3 is 0 Å². The number of rotatable bonds is 3. The molecule has 0 aromatic heterocycles. The summed E-state index contributed by atoms with van der Waals surface area (Å²) < 4.78 is 1.05. The highest BCUT2D eigenvalue weighted by atomic mass is 127. The molecule has 1 nitrogen and oxygen atoms in total. The first-order chi connectivity index (χ1) is 6.90. The average Bonchev–Trinajstić information content (AvgIpc) is 2.14. The maximum absolute atomic E-state index is 11.9. The maximum Gasteiger partial charge on any atom is 0.163 e. The van der Waals surface area contributed by atoms with Crippen molar-refractivity contribution in [3.05, 3.63) is 33.4 Å². The Bertz CT molecular complexity index is 350. The lowest BCUT2D eigenvalue weighted by atomic mass is 9.88. The van der Waals surface area contributed by atoms with Crippen molar-refractivity contribution in [1.29, 1.82) is 0 Å². The van der Waals surface area contributed by atoms with Crippen molar-refractivity contribution in [1.82, 2.24) is 0 Å². The van der Waals surface area contributed by atoms with E-state index in [1.807, 2.05) is 24.3 Å². The van der Waals surface area contributed by atoms with Crippen LogP contribution >= 0.6 is 22.6 Å². The SMILES string of the molecule is CC(C)(C)CCC(=O)c1ccccc1I. The molecule has 1 aromatic carbocycles. The molecule has 0 spiro atoms. The summed E-state index contributed by atoms with van der Waals surface area (Å²) in [6.07, 6.45) is 1.58. The molecule has 0 bridgehead atoms. The second kappa shape index (κ2) is 5.10. The van der Waals surface area contributed by atoms with Crippen LogP contribution in [0.1, 0.15) is 44.0 Å². The number of ketones is 1. The standard InChI is InChI=1S/C13H17IO/c1-13(2,3)9-8-12(15)10-6-4-5-7-11(10)14/h4-7H,8-9H2,1-3H3. The van der Waals surface area contributed by atoms with Crippen molar-refractivity contribution in [3.8, 4) is 0 Å². The average molecular weight is 316 g/mol. The number of halogens is 1. The van der Waals surface area contributed by atoms with Gasteiger partial charge >= 0.3 is 0 Å². The number of hydrogen-bond acceptors (Lipinski definition) is 1. The third kappa shape index (κ3) is 4.33. The Balaban J connectivity index is 2.66. The summed E-state index contributed by atoms with van der Waals surface area (Å²) in [7, 11) is 0. The molecule has 0 saturated heterocycles. The van der Waals surface area contributed by atoms with Gasteiger partial charge in [0.25, 0.3) is 0 Å². The van der Waals surface area contributed by atoms with Gasteiger partial charge in [0.2, 0.25) is 0 Å². The summed E-state index contributed by atoms with van der Waals surface area (Å²) in [5.74, 6) is 0.259. The van der Waals surface area contributed by atoms with Crippen LogP contribution in [0.4, 0.5) is 0 Å². The fraction of sp³-hybridized carbons (Fsp3) is 0.462. The first-order valence-corrected chi connectivity index (χ1v) is 6.26. The molecule has 82 valence electrons. The Morgan fingerprint density at radius 2 is 1.87 bits per heavy atom. The van der Waals surface area contributed by atoms with E-state index in [1.165, 1.54) is 0 Å². The van der Waals surface area contributed by atoms with Crippen LogP contribution in [0.25, 0.3) is 0 Å². The van der Waals surface area contributed by atoms with E-state index in [-0.39, 0.29) is 11.2 Å². The molecule has 0 radical (unpaired) electrons. The largest absolute Gasteiger partial charge is 0.294 e. The Hall–Kier alpha value is -0.380. The van der Waals surface area contributed by atoms with E-state index < -0.39 is 0 Å². The van der Waals surface area contributed by atoms with Crippen LogP contribution in [-0.4, -0.2) is 5.78 Å². The molecule has 2 heteroatoms. The van der Waals surface area contributed by atoms with E-state index in [0.717, 1.165) is 15.6 Å². The normalized spacial score (nSPS) is 11.5. The van der Waals surface area contributed by atoms with Gasteiger partial charge in [0.15, 0.2) is 5.78 Å². The molecular formula is C13H17IO. The van der Waals surface area contributed by atoms with Crippen molar-refractivity contribution in [2.45, 2.75) is 33.6 Å². The molecule has 0 atom stereocenters. The molecule has 0 N–H and O–H groups in total. The van der Waals surface area contributed by atoms with E-state index >= 15 is 0 Å². The molecule has 0 unspecified atom stereocenters. The summed E-state index contributed by atoms with van der Waals surface area (Å²) in [4.78, 5) is 11.9. The van der Waals surface area contributed by atoms with Crippen LogP contribution in [0.2, 0.25) is 0 Å².